The molecule has 0 aliphatic rings. The molecule has 1 aromatic rings. The van der Waals surface area contributed by atoms with Gasteiger partial charge in [-0.25, -0.2) is 9.18 Å². The lowest BCUT2D eigenvalue weighted by atomic mass is 10.2. The molecule has 0 saturated carbocycles. The summed E-state index contributed by atoms with van der Waals surface area (Å²) in [5, 5.41) is 7.91. The molecule has 0 saturated heterocycles. The van der Waals surface area contributed by atoms with Crippen molar-refractivity contribution >= 4 is 11.9 Å². The summed E-state index contributed by atoms with van der Waals surface area (Å²) >= 11 is 0. The van der Waals surface area contributed by atoms with E-state index in [-0.39, 0.29) is 37.3 Å². The highest BCUT2D eigenvalue weighted by Gasteiger charge is 2.07. The molecule has 3 amide bonds. The monoisotopic (exact) mass is 295 g/mol. The second-order valence-electron chi connectivity index (χ2n) is 4.83. The van der Waals surface area contributed by atoms with E-state index < -0.39 is 6.03 Å². The van der Waals surface area contributed by atoms with Crippen LogP contribution >= 0.6 is 0 Å². The first-order chi connectivity index (χ1) is 10.0. The molecule has 1 rings (SSSR count). The summed E-state index contributed by atoms with van der Waals surface area (Å²) in [7, 11) is 0. The molecule has 1 atom stereocenters. The molecule has 0 aliphatic heterocycles. The van der Waals surface area contributed by atoms with Crippen molar-refractivity contribution in [2.24, 2.45) is 0 Å². The molecule has 116 valence electrons. The van der Waals surface area contributed by atoms with Gasteiger partial charge in [-0.1, -0.05) is 25.1 Å². The van der Waals surface area contributed by atoms with Crippen LogP contribution < -0.4 is 16.0 Å². The van der Waals surface area contributed by atoms with Crippen LogP contribution in [-0.2, 0) is 11.3 Å². The zero-order valence-electron chi connectivity index (χ0n) is 12.4. The molecular formula is C15H22FN3O2. The normalized spacial score (nSPS) is 11.6. The van der Waals surface area contributed by atoms with Crippen LogP contribution in [0, 0.1) is 5.82 Å². The predicted molar refractivity (Wildman–Crippen MR) is 79.2 cm³/mol. The second kappa shape index (κ2) is 8.94. The Morgan fingerprint density at radius 1 is 1.24 bits per heavy atom. The molecule has 0 spiro atoms. The van der Waals surface area contributed by atoms with Gasteiger partial charge in [0.1, 0.15) is 5.82 Å². The molecule has 3 N–H and O–H groups in total. The van der Waals surface area contributed by atoms with E-state index in [0.29, 0.717) is 5.56 Å². The molecular weight excluding hydrogens is 273 g/mol. The minimum atomic E-state index is -0.422. The van der Waals surface area contributed by atoms with Crippen LogP contribution in [0.1, 0.15) is 32.3 Å². The maximum Gasteiger partial charge on any atom is 0.315 e. The van der Waals surface area contributed by atoms with E-state index in [0.717, 1.165) is 6.42 Å². The number of amides is 3. The number of hydrogen-bond donors (Lipinski definition) is 3. The summed E-state index contributed by atoms with van der Waals surface area (Å²) in [5.74, 6) is -0.454. The third-order valence-electron chi connectivity index (χ3n) is 3.05. The van der Waals surface area contributed by atoms with Gasteiger partial charge in [-0.05, 0) is 19.4 Å². The van der Waals surface area contributed by atoms with E-state index in [9.17, 15) is 14.0 Å². The van der Waals surface area contributed by atoms with Gasteiger partial charge >= 0.3 is 6.03 Å². The number of benzene rings is 1. The summed E-state index contributed by atoms with van der Waals surface area (Å²) in [6, 6.07) is 5.96. The van der Waals surface area contributed by atoms with Gasteiger partial charge in [0.25, 0.3) is 0 Å². The second-order valence-corrected chi connectivity index (χ2v) is 4.83. The van der Waals surface area contributed by atoms with Crippen molar-refractivity contribution in [3.63, 3.8) is 0 Å². The largest absolute Gasteiger partial charge is 0.354 e. The average molecular weight is 295 g/mol. The Morgan fingerprint density at radius 2 is 1.95 bits per heavy atom. The van der Waals surface area contributed by atoms with Crippen LogP contribution in [-0.4, -0.2) is 24.5 Å². The fraction of sp³-hybridized carbons (Fsp3) is 0.467. The topological polar surface area (TPSA) is 70.2 Å². The van der Waals surface area contributed by atoms with Gasteiger partial charge in [0.2, 0.25) is 5.91 Å². The molecule has 5 nitrogen and oxygen atoms in total. The number of carbonyl (C=O) groups excluding carboxylic acids is 2. The highest BCUT2D eigenvalue weighted by Crippen LogP contribution is 2.05. The van der Waals surface area contributed by atoms with Crippen molar-refractivity contribution < 1.29 is 14.0 Å². The van der Waals surface area contributed by atoms with Gasteiger partial charge < -0.3 is 16.0 Å². The van der Waals surface area contributed by atoms with Crippen LogP contribution in [0.2, 0.25) is 0 Å². The minimum absolute atomic E-state index is 0.0984. The maximum atomic E-state index is 13.3. The van der Waals surface area contributed by atoms with Crippen LogP contribution in [0.3, 0.4) is 0 Å². The fourth-order valence-electron chi connectivity index (χ4n) is 1.62. The lowest BCUT2D eigenvalue weighted by molar-refractivity contribution is -0.121. The summed E-state index contributed by atoms with van der Waals surface area (Å²) < 4.78 is 13.3. The Hall–Kier alpha value is -2.11. The van der Waals surface area contributed by atoms with Crippen molar-refractivity contribution in [2.75, 3.05) is 6.54 Å². The van der Waals surface area contributed by atoms with E-state index >= 15 is 0 Å². The average Bonchev–Trinajstić information content (AvgIpc) is 2.46. The van der Waals surface area contributed by atoms with E-state index in [1.807, 2.05) is 13.8 Å². The third-order valence-corrected chi connectivity index (χ3v) is 3.05. The van der Waals surface area contributed by atoms with Crippen molar-refractivity contribution in [3.8, 4) is 0 Å². The molecule has 0 aromatic heterocycles. The SMILES string of the molecule is CC[C@@H](C)NC(=O)CCNC(=O)NCc1ccccc1F. The maximum absolute atomic E-state index is 13.3. The number of rotatable bonds is 7. The van der Waals surface area contributed by atoms with Crippen molar-refractivity contribution in [1.82, 2.24) is 16.0 Å². The first kappa shape index (κ1) is 16.9. The van der Waals surface area contributed by atoms with Crippen LogP contribution in [0.5, 0.6) is 0 Å². The van der Waals surface area contributed by atoms with Crippen LogP contribution in [0.25, 0.3) is 0 Å². The summed E-state index contributed by atoms with van der Waals surface area (Å²) in [6.45, 7) is 4.26. The fourth-order valence-corrected chi connectivity index (χ4v) is 1.62. The zero-order valence-corrected chi connectivity index (χ0v) is 12.4. The molecule has 0 unspecified atom stereocenters. The quantitative estimate of drug-likeness (QED) is 0.719. The highest BCUT2D eigenvalue weighted by molar-refractivity contribution is 5.78. The van der Waals surface area contributed by atoms with Gasteiger partial charge in [0.15, 0.2) is 0 Å². The Balaban J connectivity index is 2.20. The standard InChI is InChI=1S/C15H22FN3O2/c1-3-11(2)19-14(20)8-9-17-15(21)18-10-12-6-4-5-7-13(12)16/h4-7,11H,3,8-10H2,1-2H3,(H,19,20)(H2,17,18,21)/t11-/m1/s1. The van der Waals surface area contributed by atoms with E-state index in [2.05, 4.69) is 16.0 Å². The lowest BCUT2D eigenvalue weighted by Crippen LogP contribution is -2.39. The minimum Gasteiger partial charge on any atom is -0.354 e. The Kier molecular flexibility index (Phi) is 7.21. The van der Waals surface area contributed by atoms with Gasteiger partial charge in [-0.2, -0.15) is 0 Å². The Morgan fingerprint density at radius 3 is 2.62 bits per heavy atom. The molecule has 1 aromatic carbocycles. The molecule has 6 heteroatoms. The Bertz CT molecular complexity index is 480. The first-order valence-corrected chi connectivity index (χ1v) is 7.07. The summed E-state index contributed by atoms with van der Waals surface area (Å²) in [4.78, 5) is 23.0. The molecule has 0 bridgehead atoms. The van der Waals surface area contributed by atoms with Crippen molar-refractivity contribution in [3.05, 3.63) is 35.6 Å². The van der Waals surface area contributed by atoms with E-state index in [1.54, 1.807) is 18.2 Å². The van der Waals surface area contributed by atoms with Crippen molar-refractivity contribution in [1.29, 1.82) is 0 Å². The smallest absolute Gasteiger partial charge is 0.315 e. The van der Waals surface area contributed by atoms with E-state index in [4.69, 9.17) is 0 Å². The molecule has 21 heavy (non-hydrogen) atoms. The van der Waals surface area contributed by atoms with Gasteiger partial charge in [0.05, 0.1) is 0 Å². The van der Waals surface area contributed by atoms with Crippen molar-refractivity contribution in [2.45, 2.75) is 39.3 Å². The summed E-state index contributed by atoms with van der Waals surface area (Å²) in [6.07, 6.45) is 1.08. The van der Waals surface area contributed by atoms with E-state index in [1.165, 1.54) is 6.07 Å². The molecule has 0 heterocycles. The van der Waals surface area contributed by atoms with Gasteiger partial charge in [0, 0.05) is 31.1 Å². The molecule has 0 fully saturated rings. The zero-order chi connectivity index (χ0) is 15.7. The van der Waals surface area contributed by atoms with Gasteiger partial charge in [-0.3, -0.25) is 4.79 Å². The number of hydrogen-bond acceptors (Lipinski definition) is 2. The number of halogens is 1. The summed E-state index contributed by atoms with van der Waals surface area (Å²) in [5.41, 5.74) is 0.419. The Labute approximate surface area is 124 Å². The van der Waals surface area contributed by atoms with Gasteiger partial charge in [-0.15, -0.1) is 0 Å². The first-order valence-electron chi connectivity index (χ1n) is 7.07. The van der Waals surface area contributed by atoms with Crippen LogP contribution in [0.15, 0.2) is 24.3 Å². The number of nitrogens with one attached hydrogen (secondary N) is 3. The predicted octanol–water partition coefficient (Wildman–Crippen LogP) is 1.93. The molecule has 0 radical (unpaired) electrons. The highest BCUT2D eigenvalue weighted by atomic mass is 19.1. The van der Waals surface area contributed by atoms with Crippen LogP contribution in [0.4, 0.5) is 9.18 Å². The third kappa shape index (κ3) is 6.74. The molecule has 0 aliphatic carbocycles. The number of carbonyl (C=O) groups is 2. The lowest BCUT2D eigenvalue weighted by Gasteiger charge is -2.12. The number of urea groups is 1.